The maximum Gasteiger partial charge on any atom is 0.182 e. The van der Waals surface area contributed by atoms with Crippen molar-refractivity contribution in [1.82, 2.24) is 14.4 Å². The number of hydrogen-bond acceptors (Lipinski definition) is 5. The average Bonchev–Trinajstić information content (AvgIpc) is 3.14. The van der Waals surface area contributed by atoms with Crippen LogP contribution in [-0.2, 0) is 6.61 Å². The van der Waals surface area contributed by atoms with Crippen molar-refractivity contribution in [3.63, 3.8) is 0 Å². The summed E-state index contributed by atoms with van der Waals surface area (Å²) in [5, 5.41) is 9.85. The Morgan fingerprint density at radius 3 is 2.55 bits per heavy atom. The number of aliphatic hydroxyl groups is 1. The van der Waals surface area contributed by atoms with E-state index >= 15 is 0 Å². The first kappa shape index (κ1) is 22.5. The second-order valence-corrected chi connectivity index (χ2v) is 7.87. The van der Waals surface area contributed by atoms with E-state index in [9.17, 15) is 18.7 Å². The Hall–Kier alpha value is -3.65. The number of halogens is 2. The van der Waals surface area contributed by atoms with E-state index in [2.05, 4.69) is 9.97 Å². The highest BCUT2D eigenvalue weighted by Crippen LogP contribution is 2.27. The van der Waals surface area contributed by atoms with Gasteiger partial charge < -0.3 is 9.84 Å². The quantitative estimate of drug-likeness (QED) is 0.398. The van der Waals surface area contributed by atoms with E-state index in [1.54, 1.807) is 41.9 Å². The van der Waals surface area contributed by atoms with Crippen LogP contribution in [0.25, 0.3) is 5.65 Å². The minimum Gasteiger partial charge on any atom is -0.485 e. The van der Waals surface area contributed by atoms with E-state index in [-0.39, 0.29) is 31.0 Å². The van der Waals surface area contributed by atoms with E-state index < -0.39 is 17.6 Å². The number of imidazole rings is 1. The molecular formula is C25H23F2N3O3. The van der Waals surface area contributed by atoms with Crippen LogP contribution < -0.4 is 4.74 Å². The summed E-state index contributed by atoms with van der Waals surface area (Å²) in [5.41, 5.74) is 2.65. The molecule has 3 heterocycles. The van der Waals surface area contributed by atoms with Crippen molar-refractivity contribution >= 4 is 11.4 Å². The lowest BCUT2D eigenvalue weighted by molar-refractivity contribution is 0.0952. The van der Waals surface area contributed by atoms with Crippen LogP contribution in [0.4, 0.5) is 8.78 Å². The van der Waals surface area contributed by atoms with Crippen LogP contribution in [0.15, 0.2) is 54.9 Å². The Morgan fingerprint density at radius 2 is 1.88 bits per heavy atom. The highest BCUT2D eigenvalue weighted by atomic mass is 19.1. The van der Waals surface area contributed by atoms with Gasteiger partial charge >= 0.3 is 0 Å². The SMILES string of the molecule is Cc1ccc(C(CO)CC(=O)c2c(C)nc3c(OCc4c(F)cccc4F)cccn23)nc1. The maximum atomic E-state index is 13.9. The second-order valence-electron chi connectivity index (χ2n) is 7.87. The van der Waals surface area contributed by atoms with E-state index in [4.69, 9.17) is 4.74 Å². The fraction of sp³-hybridized carbons (Fsp3) is 0.240. The number of aromatic nitrogens is 3. The number of fused-ring (bicyclic) bond motifs is 1. The third-order valence-corrected chi connectivity index (χ3v) is 5.49. The van der Waals surface area contributed by atoms with Crippen molar-refractivity contribution in [1.29, 1.82) is 0 Å². The summed E-state index contributed by atoms with van der Waals surface area (Å²) in [6.07, 6.45) is 3.42. The molecule has 0 bridgehead atoms. The van der Waals surface area contributed by atoms with Gasteiger partial charge in [-0.15, -0.1) is 0 Å². The number of aliphatic hydroxyl groups excluding tert-OH is 1. The van der Waals surface area contributed by atoms with Gasteiger partial charge in [-0.1, -0.05) is 12.1 Å². The highest BCUT2D eigenvalue weighted by molar-refractivity contribution is 5.97. The summed E-state index contributed by atoms with van der Waals surface area (Å²) in [6, 6.07) is 10.6. The third kappa shape index (κ3) is 4.61. The number of benzene rings is 1. The van der Waals surface area contributed by atoms with Crippen molar-refractivity contribution in [2.24, 2.45) is 0 Å². The van der Waals surface area contributed by atoms with Crippen LogP contribution in [0.1, 0.15) is 45.3 Å². The van der Waals surface area contributed by atoms with Gasteiger partial charge in [0.05, 0.1) is 17.9 Å². The molecule has 33 heavy (non-hydrogen) atoms. The summed E-state index contributed by atoms with van der Waals surface area (Å²) in [5.74, 6) is -1.76. The summed E-state index contributed by atoms with van der Waals surface area (Å²) in [7, 11) is 0. The molecule has 1 atom stereocenters. The average molecular weight is 451 g/mol. The molecule has 0 amide bonds. The molecule has 4 rings (SSSR count). The molecule has 0 radical (unpaired) electrons. The Labute approximate surface area is 189 Å². The Balaban J connectivity index is 1.60. The molecule has 0 aliphatic carbocycles. The summed E-state index contributed by atoms with van der Waals surface area (Å²) in [4.78, 5) is 22.0. The molecular weight excluding hydrogens is 428 g/mol. The molecule has 1 aromatic carbocycles. The first-order chi connectivity index (χ1) is 15.9. The number of carbonyl (C=O) groups is 1. The lowest BCUT2D eigenvalue weighted by atomic mass is 9.97. The molecule has 170 valence electrons. The van der Waals surface area contributed by atoms with Gasteiger partial charge in [0.15, 0.2) is 17.2 Å². The van der Waals surface area contributed by atoms with Gasteiger partial charge in [-0.05, 0) is 49.7 Å². The summed E-state index contributed by atoms with van der Waals surface area (Å²) >= 11 is 0. The molecule has 1 N–H and O–H groups in total. The topological polar surface area (TPSA) is 76.7 Å². The van der Waals surface area contributed by atoms with Crippen LogP contribution in [0, 0.1) is 25.5 Å². The van der Waals surface area contributed by atoms with Gasteiger partial charge in [-0.2, -0.15) is 0 Å². The van der Waals surface area contributed by atoms with Crippen LogP contribution in [0.3, 0.4) is 0 Å². The van der Waals surface area contributed by atoms with E-state index in [1.165, 1.54) is 18.2 Å². The highest BCUT2D eigenvalue weighted by Gasteiger charge is 2.23. The zero-order chi connectivity index (χ0) is 23.5. The molecule has 0 spiro atoms. The number of rotatable bonds is 8. The Kier molecular flexibility index (Phi) is 6.46. The summed E-state index contributed by atoms with van der Waals surface area (Å²) < 4.78 is 35.2. The first-order valence-corrected chi connectivity index (χ1v) is 10.5. The number of nitrogens with zero attached hydrogens (tertiary/aromatic N) is 3. The van der Waals surface area contributed by atoms with Gasteiger partial charge in [0.1, 0.15) is 23.9 Å². The summed E-state index contributed by atoms with van der Waals surface area (Å²) in [6.45, 7) is 3.08. The van der Waals surface area contributed by atoms with Gasteiger partial charge in [0, 0.05) is 30.4 Å². The molecule has 1 unspecified atom stereocenters. The zero-order valence-corrected chi connectivity index (χ0v) is 18.3. The number of carbonyl (C=O) groups excluding carboxylic acids is 1. The van der Waals surface area contributed by atoms with Crippen molar-refractivity contribution < 1.29 is 23.4 Å². The minimum atomic E-state index is -0.697. The van der Waals surface area contributed by atoms with Gasteiger partial charge in [-0.25, -0.2) is 13.8 Å². The predicted octanol–water partition coefficient (Wildman–Crippen LogP) is 4.55. The number of ether oxygens (including phenoxy) is 1. The normalized spacial score (nSPS) is 12.2. The van der Waals surface area contributed by atoms with Crippen LogP contribution in [-0.4, -0.2) is 31.9 Å². The molecule has 3 aromatic heterocycles. The molecule has 0 saturated carbocycles. The van der Waals surface area contributed by atoms with Crippen LogP contribution >= 0.6 is 0 Å². The van der Waals surface area contributed by atoms with Gasteiger partial charge in [0.2, 0.25) is 0 Å². The fourth-order valence-corrected chi connectivity index (χ4v) is 3.73. The Bertz CT molecular complexity index is 1280. The van der Waals surface area contributed by atoms with Crippen LogP contribution in [0.5, 0.6) is 5.75 Å². The van der Waals surface area contributed by atoms with E-state index in [0.29, 0.717) is 28.5 Å². The third-order valence-electron chi connectivity index (χ3n) is 5.49. The molecule has 6 nitrogen and oxygen atoms in total. The molecule has 0 aliphatic heterocycles. The zero-order valence-electron chi connectivity index (χ0n) is 18.3. The van der Waals surface area contributed by atoms with E-state index in [1.807, 2.05) is 13.0 Å². The number of Topliss-reactive ketones (excluding diaryl/α,β-unsaturated/α-hetero) is 1. The minimum absolute atomic E-state index is 0.0483. The van der Waals surface area contributed by atoms with Gasteiger partial charge in [0.25, 0.3) is 0 Å². The maximum absolute atomic E-state index is 13.9. The van der Waals surface area contributed by atoms with E-state index in [0.717, 1.165) is 5.56 Å². The number of pyridine rings is 2. The molecule has 0 aliphatic rings. The lowest BCUT2D eigenvalue weighted by Gasteiger charge is -2.13. The monoisotopic (exact) mass is 451 g/mol. The van der Waals surface area contributed by atoms with Crippen molar-refractivity contribution in [3.8, 4) is 5.75 Å². The number of ketones is 1. The number of hydrogen-bond donors (Lipinski definition) is 1. The molecule has 0 saturated heterocycles. The number of aryl methyl sites for hydroxylation is 2. The van der Waals surface area contributed by atoms with Crippen molar-refractivity contribution in [3.05, 3.63) is 94.7 Å². The first-order valence-electron chi connectivity index (χ1n) is 10.5. The fourth-order valence-electron chi connectivity index (χ4n) is 3.73. The van der Waals surface area contributed by atoms with Crippen molar-refractivity contribution in [2.75, 3.05) is 6.61 Å². The lowest BCUT2D eigenvalue weighted by Crippen LogP contribution is -2.14. The second kappa shape index (κ2) is 9.46. The molecule has 8 heteroatoms. The standard InChI is InChI=1S/C25H23F2N3O3/c1-15-8-9-21(28-12-15)17(13-31)11-22(32)24-16(2)29-25-23(7-4-10-30(24)25)33-14-18-19(26)5-3-6-20(18)27/h3-10,12,17,31H,11,13-14H2,1-2H3. The molecule has 0 fully saturated rings. The predicted molar refractivity (Wildman–Crippen MR) is 118 cm³/mol. The van der Waals surface area contributed by atoms with Gasteiger partial charge in [-0.3, -0.25) is 14.2 Å². The Morgan fingerprint density at radius 1 is 1.12 bits per heavy atom. The molecule has 4 aromatic rings. The largest absolute Gasteiger partial charge is 0.485 e. The van der Waals surface area contributed by atoms with Crippen LogP contribution in [0.2, 0.25) is 0 Å². The smallest absolute Gasteiger partial charge is 0.182 e. The van der Waals surface area contributed by atoms with Crippen molar-refractivity contribution in [2.45, 2.75) is 32.8 Å².